The molecule has 7 nitrogen and oxygen atoms in total. The first kappa shape index (κ1) is 19.7. The van der Waals surface area contributed by atoms with Crippen LogP contribution in [0.25, 0.3) is 0 Å². The molecule has 0 radical (unpaired) electrons. The molecule has 1 N–H and O–H groups in total. The Morgan fingerprint density at radius 1 is 1.18 bits per heavy atom. The second-order valence-corrected chi connectivity index (χ2v) is 6.42. The first-order chi connectivity index (χ1) is 13.3. The van der Waals surface area contributed by atoms with Crippen molar-refractivity contribution in [1.29, 1.82) is 0 Å². The lowest BCUT2D eigenvalue weighted by molar-refractivity contribution is -0.138. The number of nitrogens with one attached hydrogen (secondary N) is 1. The van der Waals surface area contributed by atoms with Crippen LogP contribution in [0.5, 0.6) is 0 Å². The molecular weight excluding hydrogens is 377 g/mol. The topological polar surface area (TPSA) is 78.7 Å². The first-order valence-corrected chi connectivity index (χ1v) is 8.66. The van der Waals surface area contributed by atoms with Gasteiger partial charge in [0.15, 0.2) is 0 Å². The van der Waals surface area contributed by atoms with Gasteiger partial charge in [0.25, 0.3) is 5.91 Å². The molecule has 1 fully saturated rings. The number of carbonyl (C=O) groups is 2. The summed E-state index contributed by atoms with van der Waals surface area (Å²) in [6.07, 6.45) is -0.952. The van der Waals surface area contributed by atoms with E-state index < -0.39 is 23.7 Å². The molecule has 0 saturated carbocycles. The minimum absolute atomic E-state index is 0.225. The van der Waals surface area contributed by atoms with Crippen molar-refractivity contribution < 1.29 is 27.2 Å². The lowest BCUT2D eigenvalue weighted by atomic mass is 10.2. The van der Waals surface area contributed by atoms with Gasteiger partial charge in [-0.15, -0.1) is 0 Å². The molecule has 2 aromatic rings. The molecule has 0 aromatic carbocycles. The van der Waals surface area contributed by atoms with E-state index in [1.54, 1.807) is 11.8 Å². The van der Waals surface area contributed by atoms with Gasteiger partial charge in [0.2, 0.25) is 5.91 Å². The number of furan rings is 1. The third-order valence-corrected chi connectivity index (χ3v) is 4.49. The second-order valence-electron chi connectivity index (χ2n) is 6.42. The summed E-state index contributed by atoms with van der Waals surface area (Å²) >= 11 is 0. The van der Waals surface area contributed by atoms with Crippen LogP contribution in [0.2, 0.25) is 0 Å². The number of nitrogens with zero attached hydrogens (tertiary/aromatic N) is 3. The van der Waals surface area contributed by atoms with Crippen molar-refractivity contribution in [2.24, 2.45) is 0 Å². The van der Waals surface area contributed by atoms with E-state index in [0.29, 0.717) is 37.6 Å². The number of aromatic nitrogens is 1. The molecule has 2 amide bonds. The molecule has 3 rings (SSSR count). The van der Waals surface area contributed by atoms with Crippen LogP contribution >= 0.6 is 0 Å². The van der Waals surface area contributed by atoms with Gasteiger partial charge in [-0.05, 0) is 25.1 Å². The Hall–Kier alpha value is -3.04. The van der Waals surface area contributed by atoms with E-state index in [0.717, 1.165) is 12.3 Å². The minimum Gasteiger partial charge on any atom is -0.472 e. The van der Waals surface area contributed by atoms with Gasteiger partial charge in [-0.3, -0.25) is 9.59 Å². The van der Waals surface area contributed by atoms with E-state index in [4.69, 9.17) is 4.42 Å². The lowest BCUT2D eigenvalue weighted by Gasteiger charge is -2.36. The van der Waals surface area contributed by atoms with Crippen molar-refractivity contribution in [3.05, 3.63) is 48.0 Å². The van der Waals surface area contributed by atoms with Gasteiger partial charge in [0, 0.05) is 32.4 Å². The summed E-state index contributed by atoms with van der Waals surface area (Å²) in [5.41, 5.74) is -0.468. The van der Waals surface area contributed by atoms with Crippen LogP contribution in [0.1, 0.15) is 22.8 Å². The summed E-state index contributed by atoms with van der Waals surface area (Å²) in [6, 6.07) is 3.11. The molecule has 2 aromatic heterocycles. The number of amides is 2. The van der Waals surface area contributed by atoms with Gasteiger partial charge in [-0.2, -0.15) is 13.2 Å². The standard InChI is InChI=1S/C18H19F3N4O3/c1-12(23-16(26)13-4-9-28-11-13)17(27)25-7-5-24(6-8-25)15-3-2-14(10-22-15)18(19,20)21/h2-4,9-12H,5-8H2,1H3,(H,23,26). The van der Waals surface area contributed by atoms with E-state index in [2.05, 4.69) is 10.3 Å². The monoisotopic (exact) mass is 396 g/mol. The molecule has 0 bridgehead atoms. The maximum absolute atomic E-state index is 12.6. The number of piperazine rings is 1. The lowest BCUT2D eigenvalue weighted by Crippen LogP contribution is -2.54. The van der Waals surface area contributed by atoms with E-state index in [9.17, 15) is 22.8 Å². The Labute approximate surface area is 159 Å². The van der Waals surface area contributed by atoms with Gasteiger partial charge in [-0.25, -0.2) is 4.98 Å². The number of anilines is 1. The van der Waals surface area contributed by atoms with Crippen LogP contribution in [-0.4, -0.2) is 53.9 Å². The first-order valence-electron chi connectivity index (χ1n) is 8.66. The summed E-state index contributed by atoms with van der Waals surface area (Å²) in [5, 5.41) is 2.62. The minimum atomic E-state index is -4.42. The zero-order valence-electron chi connectivity index (χ0n) is 15.1. The third-order valence-electron chi connectivity index (χ3n) is 4.49. The van der Waals surface area contributed by atoms with E-state index in [1.165, 1.54) is 24.7 Å². The number of pyridine rings is 1. The highest BCUT2D eigenvalue weighted by Gasteiger charge is 2.31. The van der Waals surface area contributed by atoms with Gasteiger partial charge >= 0.3 is 6.18 Å². The molecule has 0 aliphatic carbocycles. The van der Waals surface area contributed by atoms with Crippen LogP contribution in [0.4, 0.5) is 19.0 Å². The summed E-state index contributed by atoms with van der Waals surface area (Å²) in [6.45, 7) is 3.24. The Morgan fingerprint density at radius 3 is 2.43 bits per heavy atom. The predicted octanol–water partition coefficient (Wildman–Crippen LogP) is 2.16. The molecule has 0 spiro atoms. The second kappa shape index (κ2) is 7.91. The predicted molar refractivity (Wildman–Crippen MR) is 93.7 cm³/mol. The highest BCUT2D eigenvalue weighted by Crippen LogP contribution is 2.29. The fraction of sp³-hybridized carbons (Fsp3) is 0.389. The number of hydrogen-bond acceptors (Lipinski definition) is 5. The van der Waals surface area contributed by atoms with Crippen molar-refractivity contribution in [3.8, 4) is 0 Å². The fourth-order valence-electron chi connectivity index (χ4n) is 2.91. The molecule has 10 heteroatoms. The van der Waals surface area contributed by atoms with Crippen molar-refractivity contribution in [2.45, 2.75) is 19.1 Å². The van der Waals surface area contributed by atoms with Crippen molar-refractivity contribution in [1.82, 2.24) is 15.2 Å². The quantitative estimate of drug-likeness (QED) is 0.857. The summed E-state index contributed by atoms with van der Waals surface area (Å²) in [4.78, 5) is 31.8. The maximum atomic E-state index is 12.6. The van der Waals surface area contributed by atoms with Crippen molar-refractivity contribution in [2.75, 3.05) is 31.1 Å². The summed E-state index contributed by atoms with van der Waals surface area (Å²) in [7, 11) is 0. The molecule has 1 atom stereocenters. The maximum Gasteiger partial charge on any atom is 0.417 e. The SMILES string of the molecule is CC(NC(=O)c1ccoc1)C(=O)N1CCN(c2ccc(C(F)(F)F)cn2)CC1. The third kappa shape index (κ3) is 4.44. The molecule has 28 heavy (non-hydrogen) atoms. The van der Waals surface area contributed by atoms with Crippen LogP contribution in [0.15, 0.2) is 41.3 Å². The Morgan fingerprint density at radius 2 is 1.89 bits per heavy atom. The Kier molecular flexibility index (Phi) is 5.57. The number of halogens is 3. The van der Waals surface area contributed by atoms with E-state index in [1.807, 2.05) is 4.90 Å². The Balaban J connectivity index is 1.53. The zero-order valence-corrected chi connectivity index (χ0v) is 15.1. The largest absolute Gasteiger partial charge is 0.472 e. The molecule has 1 unspecified atom stereocenters. The Bertz CT molecular complexity index is 814. The fourth-order valence-corrected chi connectivity index (χ4v) is 2.91. The molecule has 3 heterocycles. The highest BCUT2D eigenvalue weighted by atomic mass is 19.4. The number of hydrogen-bond donors (Lipinski definition) is 1. The highest BCUT2D eigenvalue weighted by molar-refractivity contribution is 5.97. The van der Waals surface area contributed by atoms with Gasteiger partial charge in [0.05, 0.1) is 17.4 Å². The molecule has 1 aliphatic heterocycles. The van der Waals surface area contributed by atoms with Gasteiger partial charge in [0.1, 0.15) is 18.1 Å². The number of alkyl halides is 3. The van der Waals surface area contributed by atoms with Crippen molar-refractivity contribution in [3.63, 3.8) is 0 Å². The smallest absolute Gasteiger partial charge is 0.417 e. The normalized spacial score (nSPS) is 16.0. The van der Waals surface area contributed by atoms with Crippen LogP contribution in [-0.2, 0) is 11.0 Å². The van der Waals surface area contributed by atoms with Gasteiger partial charge in [-0.1, -0.05) is 0 Å². The molecule has 150 valence electrons. The van der Waals surface area contributed by atoms with Crippen LogP contribution in [0, 0.1) is 0 Å². The zero-order chi connectivity index (χ0) is 20.3. The average Bonchev–Trinajstić information content (AvgIpc) is 3.22. The number of carbonyl (C=O) groups excluding carboxylic acids is 2. The molecule has 1 aliphatic rings. The summed E-state index contributed by atoms with van der Waals surface area (Å²) in [5.74, 6) is -0.194. The summed E-state index contributed by atoms with van der Waals surface area (Å²) < 4.78 is 42.7. The average molecular weight is 396 g/mol. The van der Waals surface area contributed by atoms with E-state index in [-0.39, 0.29) is 5.91 Å². The van der Waals surface area contributed by atoms with Crippen LogP contribution in [0.3, 0.4) is 0 Å². The molecular formula is C18H19F3N4O3. The van der Waals surface area contributed by atoms with Crippen molar-refractivity contribution >= 4 is 17.6 Å². The van der Waals surface area contributed by atoms with Crippen LogP contribution < -0.4 is 10.2 Å². The van der Waals surface area contributed by atoms with E-state index >= 15 is 0 Å². The van der Waals surface area contributed by atoms with Gasteiger partial charge < -0.3 is 19.5 Å². The number of rotatable bonds is 4. The molecule has 1 saturated heterocycles.